The lowest BCUT2D eigenvalue weighted by Crippen LogP contribution is -2.31. The van der Waals surface area contributed by atoms with Gasteiger partial charge in [-0.05, 0) is 32.1 Å². The number of aliphatic hydroxyl groups is 2. The van der Waals surface area contributed by atoms with Gasteiger partial charge in [-0.3, -0.25) is 9.36 Å². The molecule has 0 saturated carbocycles. The van der Waals surface area contributed by atoms with E-state index in [1.54, 1.807) is 44.2 Å². The Balaban J connectivity index is 1.57. The standard InChI is InChI=1S/C22H26N5O7P/c1-3-32-35(31,33-4-2)11-10-16-17(28)18(29)22(34-16)27-20-15(12-25-27)19(23-13-24-20)26-21(30)14-8-6-5-7-9-14/h5-13,16-18,22,28-29H,3-4H2,1-2H3,(H,23,24,26,30)/t16-,17-,18-,22-/m1/s1. The summed E-state index contributed by atoms with van der Waals surface area (Å²) in [5.41, 5.74) is 0.730. The first kappa shape index (κ1) is 25.1. The van der Waals surface area contributed by atoms with Crippen LogP contribution in [0.15, 0.2) is 54.7 Å². The molecule has 35 heavy (non-hydrogen) atoms. The van der Waals surface area contributed by atoms with Crippen molar-refractivity contribution >= 4 is 30.4 Å². The van der Waals surface area contributed by atoms with Crippen LogP contribution in [0.5, 0.6) is 0 Å². The highest BCUT2D eigenvalue weighted by molar-refractivity contribution is 7.57. The number of aliphatic hydroxyl groups excluding tert-OH is 2. The molecule has 186 valence electrons. The summed E-state index contributed by atoms with van der Waals surface area (Å²) in [7, 11) is -3.52. The van der Waals surface area contributed by atoms with Crippen LogP contribution >= 0.6 is 7.60 Å². The Labute approximate surface area is 201 Å². The van der Waals surface area contributed by atoms with E-state index in [0.717, 1.165) is 0 Å². The highest BCUT2D eigenvalue weighted by Crippen LogP contribution is 2.50. The zero-order valence-corrected chi connectivity index (χ0v) is 20.0. The minimum atomic E-state index is -3.52. The molecule has 0 bridgehead atoms. The van der Waals surface area contributed by atoms with Crippen molar-refractivity contribution in [3.05, 3.63) is 60.3 Å². The highest BCUT2D eigenvalue weighted by atomic mass is 31.2. The van der Waals surface area contributed by atoms with Crippen molar-refractivity contribution in [2.24, 2.45) is 0 Å². The fourth-order valence-corrected chi connectivity index (χ4v) is 4.98. The van der Waals surface area contributed by atoms with Gasteiger partial charge in [-0.15, -0.1) is 0 Å². The van der Waals surface area contributed by atoms with Crippen LogP contribution in [0.2, 0.25) is 0 Å². The third-order valence-electron chi connectivity index (χ3n) is 5.25. The first-order valence-electron chi connectivity index (χ1n) is 11.0. The maximum absolute atomic E-state index is 12.7. The summed E-state index contributed by atoms with van der Waals surface area (Å²) < 4.78 is 30.2. The summed E-state index contributed by atoms with van der Waals surface area (Å²) >= 11 is 0. The number of rotatable bonds is 9. The Morgan fingerprint density at radius 1 is 1.17 bits per heavy atom. The number of hydrogen-bond acceptors (Lipinski definition) is 10. The summed E-state index contributed by atoms with van der Waals surface area (Å²) in [4.78, 5) is 20.9. The van der Waals surface area contributed by atoms with Gasteiger partial charge in [0, 0.05) is 11.4 Å². The van der Waals surface area contributed by atoms with Crippen molar-refractivity contribution < 1.29 is 33.4 Å². The molecule has 0 spiro atoms. The van der Waals surface area contributed by atoms with Crippen molar-refractivity contribution in [3.8, 4) is 0 Å². The molecular formula is C22H26N5O7P. The van der Waals surface area contributed by atoms with Gasteiger partial charge in [-0.25, -0.2) is 14.6 Å². The number of ether oxygens (including phenoxy) is 1. The van der Waals surface area contributed by atoms with Crippen molar-refractivity contribution in [2.75, 3.05) is 18.5 Å². The summed E-state index contributed by atoms with van der Waals surface area (Å²) in [6, 6.07) is 8.65. The number of amides is 1. The molecular weight excluding hydrogens is 477 g/mol. The Morgan fingerprint density at radius 3 is 2.57 bits per heavy atom. The van der Waals surface area contributed by atoms with Crippen LogP contribution in [-0.4, -0.2) is 67.4 Å². The average molecular weight is 503 g/mol. The molecule has 0 aliphatic carbocycles. The lowest BCUT2D eigenvalue weighted by molar-refractivity contribution is -0.0318. The second-order valence-corrected chi connectivity index (χ2v) is 9.45. The van der Waals surface area contributed by atoms with E-state index in [-0.39, 0.29) is 30.6 Å². The van der Waals surface area contributed by atoms with E-state index in [0.29, 0.717) is 10.9 Å². The lowest BCUT2D eigenvalue weighted by Gasteiger charge is -2.15. The van der Waals surface area contributed by atoms with E-state index in [1.807, 2.05) is 0 Å². The number of anilines is 1. The van der Waals surface area contributed by atoms with E-state index >= 15 is 0 Å². The number of nitrogens with zero attached hydrogens (tertiary/aromatic N) is 4. The Morgan fingerprint density at radius 2 is 1.89 bits per heavy atom. The first-order valence-corrected chi connectivity index (χ1v) is 12.6. The van der Waals surface area contributed by atoms with Crippen molar-refractivity contribution in [2.45, 2.75) is 38.4 Å². The summed E-state index contributed by atoms with van der Waals surface area (Å²) in [6.45, 7) is 3.70. The predicted molar refractivity (Wildman–Crippen MR) is 126 cm³/mol. The minimum Gasteiger partial charge on any atom is -0.387 e. The van der Waals surface area contributed by atoms with Crippen LogP contribution in [0.1, 0.15) is 30.4 Å². The molecule has 2 aromatic heterocycles. The number of nitrogens with one attached hydrogen (secondary N) is 1. The normalized spacial score (nSPS) is 22.7. The number of carbonyl (C=O) groups excluding carboxylic acids is 1. The molecule has 1 aliphatic rings. The fourth-order valence-electron chi connectivity index (χ4n) is 3.64. The van der Waals surface area contributed by atoms with E-state index in [4.69, 9.17) is 13.8 Å². The molecule has 1 aliphatic heterocycles. The zero-order valence-electron chi connectivity index (χ0n) is 19.1. The third-order valence-corrected chi connectivity index (χ3v) is 7.03. The highest BCUT2D eigenvalue weighted by Gasteiger charge is 2.44. The Hall–Kier alpha value is -2.99. The van der Waals surface area contributed by atoms with Crippen LogP contribution in [-0.2, 0) is 18.3 Å². The molecule has 1 saturated heterocycles. The monoisotopic (exact) mass is 503 g/mol. The van der Waals surface area contributed by atoms with Gasteiger partial charge in [0.05, 0.1) is 24.8 Å². The number of benzene rings is 1. The molecule has 3 aromatic rings. The van der Waals surface area contributed by atoms with Gasteiger partial charge < -0.3 is 29.3 Å². The SMILES string of the molecule is CCOP(=O)(C=C[C@H]1O[C@@H](n2ncc3c(NC(=O)c4ccccc4)ncnc32)[C@H](O)[C@@H]1O)OCC. The topological polar surface area (TPSA) is 158 Å². The van der Waals surface area contributed by atoms with Crippen molar-refractivity contribution in [1.82, 2.24) is 19.7 Å². The molecule has 0 unspecified atom stereocenters. The quantitative estimate of drug-likeness (QED) is 0.371. The van der Waals surface area contributed by atoms with Gasteiger partial charge in [-0.1, -0.05) is 18.2 Å². The van der Waals surface area contributed by atoms with E-state index < -0.39 is 32.1 Å². The van der Waals surface area contributed by atoms with Crippen LogP contribution in [0.25, 0.3) is 11.0 Å². The van der Waals surface area contributed by atoms with Crippen molar-refractivity contribution in [1.29, 1.82) is 0 Å². The Bertz CT molecular complexity index is 1240. The molecule has 13 heteroatoms. The zero-order chi connectivity index (χ0) is 25.0. The second-order valence-electron chi connectivity index (χ2n) is 7.56. The Kier molecular flexibility index (Phi) is 7.70. The molecule has 1 amide bonds. The molecule has 12 nitrogen and oxygen atoms in total. The average Bonchev–Trinajstić information content (AvgIpc) is 3.40. The molecule has 3 heterocycles. The summed E-state index contributed by atoms with van der Waals surface area (Å²) in [5, 5.41) is 28.6. The summed E-state index contributed by atoms with van der Waals surface area (Å²) in [5.74, 6) is 1.09. The smallest absolute Gasteiger partial charge is 0.353 e. The molecule has 0 radical (unpaired) electrons. The van der Waals surface area contributed by atoms with Gasteiger partial charge in [0.2, 0.25) is 0 Å². The lowest BCUT2D eigenvalue weighted by atomic mass is 10.1. The van der Waals surface area contributed by atoms with E-state index in [2.05, 4.69) is 20.4 Å². The minimum absolute atomic E-state index is 0.170. The maximum Gasteiger partial charge on any atom is 0.353 e. The van der Waals surface area contributed by atoms with Crippen LogP contribution in [0.4, 0.5) is 5.82 Å². The van der Waals surface area contributed by atoms with Gasteiger partial charge in [-0.2, -0.15) is 5.10 Å². The second kappa shape index (κ2) is 10.7. The molecule has 4 rings (SSSR count). The van der Waals surface area contributed by atoms with Crippen LogP contribution in [0.3, 0.4) is 0 Å². The van der Waals surface area contributed by atoms with Gasteiger partial charge in [0.1, 0.15) is 30.5 Å². The van der Waals surface area contributed by atoms with E-state index in [1.165, 1.54) is 29.1 Å². The fraction of sp³-hybridized carbons (Fsp3) is 0.364. The van der Waals surface area contributed by atoms with Gasteiger partial charge >= 0.3 is 7.60 Å². The molecule has 1 aromatic carbocycles. The first-order chi connectivity index (χ1) is 16.9. The molecule has 3 N–H and O–H groups in total. The number of aromatic nitrogens is 4. The third kappa shape index (κ3) is 5.32. The predicted octanol–water partition coefficient (Wildman–Crippen LogP) is 2.48. The number of fused-ring (bicyclic) bond motifs is 1. The molecule has 4 atom stereocenters. The van der Waals surface area contributed by atoms with E-state index in [9.17, 15) is 19.6 Å². The van der Waals surface area contributed by atoms with Gasteiger partial charge in [0.15, 0.2) is 11.9 Å². The number of carbonyl (C=O) groups is 1. The maximum atomic E-state index is 12.7. The van der Waals surface area contributed by atoms with Crippen LogP contribution < -0.4 is 5.32 Å². The molecule has 1 fully saturated rings. The largest absolute Gasteiger partial charge is 0.387 e. The van der Waals surface area contributed by atoms with Crippen LogP contribution in [0, 0.1) is 0 Å². The summed E-state index contributed by atoms with van der Waals surface area (Å²) in [6.07, 6.45) is -0.816. The number of hydrogen-bond donors (Lipinski definition) is 3. The van der Waals surface area contributed by atoms with Crippen molar-refractivity contribution in [3.63, 3.8) is 0 Å². The van der Waals surface area contributed by atoms with Gasteiger partial charge in [0.25, 0.3) is 5.91 Å².